The molecule has 2 nitrogen and oxygen atoms in total. The molecule has 1 fully saturated rings. The van der Waals surface area contributed by atoms with Gasteiger partial charge in [-0.1, -0.05) is 43.2 Å². The number of hydrogen-bond donors (Lipinski definition) is 2. The third-order valence-electron chi connectivity index (χ3n) is 3.39. The van der Waals surface area contributed by atoms with Crippen molar-refractivity contribution in [1.82, 2.24) is 5.32 Å². The van der Waals surface area contributed by atoms with Gasteiger partial charge in [-0.15, -0.1) is 0 Å². The maximum atomic E-state index is 9.80. The van der Waals surface area contributed by atoms with Crippen LogP contribution in [0.5, 0.6) is 0 Å². The SMILES string of the molecule is O[C@@H]1CCCC[C@H]1NCCc1ccccc1. The second-order valence-corrected chi connectivity index (χ2v) is 4.65. The summed E-state index contributed by atoms with van der Waals surface area (Å²) in [6.07, 6.45) is 5.42. The highest BCUT2D eigenvalue weighted by atomic mass is 16.3. The molecule has 0 unspecified atom stereocenters. The smallest absolute Gasteiger partial charge is 0.0693 e. The summed E-state index contributed by atoms with van der Waals surface area (Å²) >= 11 is 0. The van der Waals surface area contributed by atoms with Crippen LogP contribution in [0.1, 0.15) is 31.2 Å². The lowest BCUT2D eigenvalue weighted by atomic mass is 9.92. The standard InChI is InChI=1S/C14H21NO/c16-14-9-5-4-8-13(14)15-11-10-12-6-2-1-3-7-12/h1-3,6-7,13-16H,4-5,8-11H2/t13-,14-/m1/s1. The molecule has 0 aliphatic heterocycles. The molecule has 16 heavy (non-hydrogen) atoms. The minimum absolute atomic E-state index is 0.135. The van der Waals surface area contributed by atoms with E-state index in [2.05, 4.69) is 29.6 Å². The lowest BCUT2D eigenvalue weighted by Crippen LogP contribution is -2.42. The van der Waals surface area contributed by atoms with Crippen molar-refractivity contribution in [3.05, 3.63) is 35.9 Å². The van der Waals surface area contributed by atoms with Gasteiger partial charge >= 0.3 is 0 Å². The van der Waals surface area contributed by atoms with Crippen LogP contribution in [0.15, 0.2) is 30.3 Å². The van der Waals surface area contributed by atoms with Crippen molar-refractivity contribution in [2.45, 2.75) is 44.2 Å². The lowest BCUT2D eigenvalue weighted by molar-refractivity contribution is 0.0914. The highest BCUT2D eigenvalue weighted by molar-refractivity contribution is 5.14. The van der Waals surface area contributed by atoms with Gasteiger partial charge in [0.1, 0.15) is 0 Å². The van der Waals surface area contributed by atoms with Crippen molar-refractivity contribution in [2.24, 2.45) is 0 Å². The van der Waals surface area contributed by atoms with Crippen molar-refractivity contribution in [3.63, 3.8) is 0 Å². The molecule has 88 valence electrons. The molecule has 0 aromatic heterocycles. The Morgan fingerprint density at radius 3 is 2.62 bits per heavy atom. The number of benzene rings is 1. The van der Waals surface area contributed by atoms with Crippen LogP contribution in [0.2, 0.25) is 0 Å². The van der Waals surface area contributed by atoms with E-state index in [9.17, 15) is 5.11 Å². The van der Waals surface area contributed by atoms with Crippen LogP contribution in [0.25, 0.3) is 0 Å². The summed E-state index contributed by atoms with van der Waals surface area (Å²) in [5, 5.41) is 13.3. The summed E-state index contributed by atoms with van der Waals surface area (Å²) in [7, 11) is 0. The molecule has 2 N–H and O–H groups in total. The summed E-state index contributed by atoms with van der Waals surface area (Å²) < 4.78 is 0. The first-order valence-corrected chi connectivity index (χ1v) is 6.31. The summed E-state index contributed by atoms with van der Waals surface area (Å²) in [4.78, 5) is 0. The zero-order valence-electron chi connectivity index (χ0n) is 9.73. The Morgan fingerprint density at radius 1 is 1.12 bits per heavy atom. The summed E-state index contributed by atoms with van der Waals surface area (Å²) in [6, 6.07) is 10.8. The quantitative estimate of drug-likeness (QED) is 0.813. The van der Waals surface area contributed by atoms with Gasteiger partial charge in [0, 0.05) is 6.04 Å². The van der Waals surface area contributed by atoms with Crippen molar-refractivity contribution in [1.29, 1.82) is 0 Å². The Balaban J connectivity index is 1.71. The molecule has 0 spiro atoms. The second-order valence-electron chi connectivity index (χ2n) is 4.65. The van der Waals surface area contributed by atoms with E-state index in [1.165, 1.54) is 18.4 Å². The van der Waals surface area contributed by atoms with Gasteiger partial charge in [0.2, 0.25) is 0 Å². The molecule has 1 saturated carbocycles. The van der Waals surface area contributed by atoms with E-state index in [1.54, 1.807) is 0 Å². The average Bonchev–Trinajstić information content (AvgIpc) is 2.33. The summed E-state index contributed by atoms with van der Waals surface area (Å²) in [6.45, 7) is 0.964. The molecule has 1 aliphatic carbocycles. The molecule has 0 bridgehead atoms. The fourth-order valence-electron chi connectivity index (χ4n) is 2.40. The van der Waals surface area contributed by atoms with Crippen LogP contribution in [-0.2, 0) is 6.42 Å². The predicted molar refractivity (Wildman–Crippen MR) is 66.4 cm³/mol. The van der Waals surface area contributed by atoms with Gasteiger partial charge in [-0.05, 0) is 31.4 Å². The minimum atomic E-state index is -0.135. The van der Waals surface area contributed by atoms with E-state index < -0.39 is 0 Å². The van der Waals surface area contributed by atoms with Gasteiger partial charge in [0.05, 0.1) is 6.10 Å². The van der Waals surface area contributed by atoms with E-state index in [4.69, 9.17) is 0 Å². The highest BCUT2D eigenvalue weighted by Gasteiger charge is 2.21. The lowest BCUT2D eigenvalue weighted by Gasteiger charge is -2.28. The second kappa shape index (κ2) is 6.02. The van der Waals surface area contributed by atoms with Gasteiger partial charge < -0.3 is 10.4 Å². The average molecular weight is 219 g/mol. The Morgan fingerprint density at radius 2 is 1.88 bits per heavy atom. The maximum absolute atomic E-state index is 9.80. The van der Waals surface area contributed by atoms with E-state index >= 15 is 0 Å². The normalized spacial score (nSPS) is 25.6. The van der Waals surface area contributed by atoms with Crippen molar-refractivity contribution >= 4 is 0 Å². The Bertz CT molecular complexity index is 299. The number of aliphatic hydroxyl groups excluding tert-OH is 1. The Kier molecular flexibility index (Phi) is 4.37. The van der Waals surface area contributed by atoms with Gasteiger partial charge in [0.25, 0.3) is 0 Å². The monoisotopic (exact) mass is 219 g/mol. The number of rotatable bonds is 4. The zero-order valence-corrected chi connectivity index (χ0v) is 9.73. The van der Waals surface area contributed by atoms with Crippen molar-refractivity contribution < 1.29 is 5.11 Å². The van der Waals surface area contributed by atoms with E-state index in [-0.39, 0.29) is 6.10 Å². The zero-order chi connectivity index (χ0) is 11.2. The molecule has 2 rings (SSSR count). The molecular formula is C14H21NO. The fraction of sp³-hybridized carbons (Fsp3) is 0.571. The largest absolute Gasteiger partial charge is 0.392 e. The van der Waals surface area contributed by atoms with Crippen LogP contribution in [0.3, 0.4) is 0 Å². The van der Waals surface area contributed by atoms with E-state index in [0.717, 1.165) is 25.8 Å². The van der Waals surface area contributed by atoms with E-state index in [1.807, 2.05) is 6.07 Å². The predicted octanol–water partition coefficient (Wildman–Crippen LogP) is 2.12. The van der Waals surface area contributed by atoms with Crippen LogP contribution in [0, 0.1) is 0 Å². The molecule has 2 atom stereocenters. The molecule has 2 heteroatoms. The van der Waals surface area contributed by atoms with Gasteiger partial charge in [-0.2, -0.15) is 0 Å². The third-order valence-corrected chi connectivity index (χ3v) is 3.39. The molecular weight excluding hydrogens is 198 g/mol. The Hall–Kier alpha value is -0.860. The van der Waals surface area contributed by atoms with Crippen molar-refractivity contribution in [3.8, 4) is 0 Å². The molecule has 0 saturated heterocycles. The van der Waals surface area contributed by atoms with Crippen molar-refractivity contribution in [2.75, 3.05) is 6.54 Å². The Labute approximate surface area is 97.7 Å². The molecule has 1 aromatic carbocycles. The number of aliphatic hydroxyl groups is 1. The topological polar surface area (TPSA) is 32.3 Å². The first kappa shape index (κ1) is 11.6. The first-order valence-electron chi connectivity index (χ1n) is 6.31. The molecule has 0 amide bonds. The van der Waals surface area contributed by atoms with Crippen LogP contribution >= 0.6 is 0 Å². The molecule has 0 heterocycles. The highest BCUT2D eigenvalue weighted by Crippen LogP contribution is 2.18. The van der Waals surface area contributed by atoms with Crippen LogP contribution in [0.4, 0.5) is 0 Å². The third kappa shape index (κ3) is 3.32. The van der Waals surface area contributed by atoms with Gasteiger partial charge in [-0.3, -0.25) is 0 Å². The van der Waals surface area contributed by atoms with Gasteiger partial charge in [-0.25, -0.2) is 0 Å². The summed E-state index contributed by atoms with van der Waals surface area (Å²) in [5.41, 5.74) is 1.36. The van der Waals surface area contributed by atoms with Gasteiger partial charge in [0.15, 0.2) is 0 Å². The van der Waals surface area contributed by atoms with E-state index in [0.29, 0.717) is 6.04 Å². The number of hydrogen-bond acceptors (Lipinski definition) is 2. The molecule has 0 radical (unpaired) electrons. The summed E-state index contributed by atoms with van der Waals surface area (Å²) in [5.74, 6) is 0. The minimum Gasteiger partial charge on any atom is -0.392 e. The van der Waals surface area contributed by atoms with Crippen LogP contribution < -0.4 is 5.32 Å². The molecule has 1 aliphatic rings. The van der Waals surface area contributed by atoms with Crippen LogP contribution in [-0.4, -0.2) is 23.8 Å². The first-order chi connectivity index (χ1) is 7.86. The fourth-order valence-corrected chi connectivity index (χ4v) is 2.40. The molecule has 1 aromatic rings. The maximum Gasteiger partial charge on any atom is 0.0693 e. The number of nitrogens with one attached hydrogen (secondary N) is 1.